The van der Waals surface area contributed by atoms with Crippen LogP contribution in [0.3, 0.4) is 0 Å². The van der Waals surface area contributed by atoms with Crippen LogP contribution in [0.5, 0.6) is 0 Å². The van der Waals surface area contributed by atoms with Crippen molar-refractivity contribution in [3.63, 3.8) is 0 Å². The second-order valence-corrected chi connectivity index (χ2v) is 4.86. The van der Waals surface area contributed by atoms with Crippen molar-refractivity contribution in [2.75, 3.05) is 18.5 Å². The van der Waals surface area contributed by atoms with Crippen LogP contribution >= 0.6 is 11.6 Å². The number of nitrogens with zero attached hydrogens (tertiary/aromatic N) is 2. The highest BCUT2D eigenvalue weighted by molar-refractivity contribution is 6.34. The lowest BCUT2D eigenvalue weighted by Crippen LogP contribution is -2.26. The number of amides is 2. The normalized spacial score (nSPS) is 10.3. The summed E-state index contributed by atoms with van der Waals surface area (Å²) in [5.41, 5.74) is 0.474. The SMILES string of the molecule is Cn1nc(C(=O)NCCO)cc1NC(=O)c1ccccc1Cl. The summed E-state index contributed by atoms with van der Waals surface area (Å²) in [7, 11) is 1.60. The molecule has 0 saturated carbocycles. The van der Waals surface area contributed by atoms with Crippen LogP contribution in [0.15, 0.2) is 30.3 Å². The predicted octanol–water partition coefficient (Wildman–Crippen LogP) is 1.05. The van der Waals surface area contributed by atoms with Gasteiger partial charge in [0.15, 0.2) is 5.69 Å². The summed E-state index contributed by atoms with van der Waals surface area (Å²) in [4.78, 5) is 23.9. The van der Waals surface area contributed by atoms with Crippen molar-refractivity contribution in [3.8, 4) is 0 Å². The third-order valence-electron chi connectivity index (χ3n) is 2.87. The average Bonchev–Trinajstić information content (AvgIpc) is 2.86. The number of nitrogens with one attached hydrogen (secondary N) is 2. The third kappa shape index (κ3) is 3.63. The molecule has 0 unspecified atom stereocenters. The fourth-order valence-corrected chi connectivity index (χ4v) is 2.01. The summed E-state index contributed by atoms with van der Waals surface area (Å²) in [5, 5.41) is 18.2. The molecule has 1 heterocycles. The lowest BCUT2D eigenvalue weighted by molar-refractivity contribution is 0.0938. The van der Waals surface area contributed by atoms with E-state index in [0.717, 1.165) is 0 Å². The molecule has 2 amide bonds. The van der Waals surface area contributed by atoms with Gasteiger partial charge in [-0.2, -0.15) is 5.10 Å². The Labute approximate surface area is 131 Å². The Kier molecular flexibility index (Phi) is 5.13. The summed E-state index contributed by atoms with van der Waals surface area (Å²) in [6, 6.07) is 8.10. The molecule has 0 aliphatic heterocycles. The minimum atomic E-state index is -0.428. The van der Waals surface area contributed by atoms with Crippen LogP contribution in [-0.4, -0.2) is 39.9 Å². The number of aromatic nitrogens is 2. The molecule has 2 aromatic rings. The molecule has 2 rings (SSSR count). The molecule has 1 aromatic heterocycles. The van der Waals surface area contributed by atoms with E-state index in [0.29, 0.717) is 16.4 Å². The van der Waals surface area contributed by atoms with Crippen LogP contribution in [0.4, 0.5) is 5.82 Å². The number of hydrogen-bond acceptors (Lipinski definition) is 4. The maximum atomic E-state index is 12.2. The standard InChI is InChI=1S/C14H15ClN4O3/c1-19-12(8-11(18-19)14(22)16-6-7-20)17-13(21)9-4-2-3-5-10(9)15/h2-5,8,20H,6-7H2,1H3,(H,16,22)(H,17,21). The van der Waals surface area contributed by atoms with E-state index in [2.05, 4.69) is 15.7 Å². The molecule has 116 valence electrons. The number of halogens is 1. The van der Waals surface area contributed by atoms with Crippen molar-refractivity contribution >= 4 is 29.2 Å². The van der Waals surface area contributed by atoms with E-state index >= 15 is 0 Å². The summed E-state index contributed by atoms with van der Waals surface area (Å²) < 4.78 is 1.38. The molecule has 0 aliphatic rings. The van der Waals surface area contributed by atoms with Gasteiger partial charge in [0.05, 0.1) is 17.2 Å². The van der Waals surface area contributed by atoms with Crippen LogP contribution in [0.1, 0.15) is 20.8 Å². The Balaban J connectivity index is 2.14. The number of rotatable bonds is 5. The summed E-state index contributed by atoms with van der Waals surface area (Å²) in [6.07, 6.45) is 0. The Hall–Kier alpha value is -2.38. The smallest absolute Gasteiger partial charge is 0.271 e. The minimum Gasteiger partial charge on any atom is -0.395 e. The number of hydrogen-bond donors (Lipinski definition) is 3. The van der Waals surface area contributed by atoms with Crippen molar-refractivity contribution in [2.45, 2.75) is 0 Å². The quantitative estimate of drug-likeness (QED) is 0.766. The van der Waals surface area contributed by atoms with Gasteiger partial charge in [-0.15, -0.1) is 0 Å². The molecule has 0 saturated heterocycles. The third-order valence-corrected chi connectivity index (χ3v) is 3.20. The first-order valence-corrected chi connectivity index (χ1v) is 6.89. The van der Waals surface area contributed by atoms with Crippen molar-refractivity contribution < 1.29 is 14.7 Å². The number of aryl methyl sites for hydroxylation is 1. The van der Waals surface area contributed by atoms with E-state index in [-0.39, 0.29) is 18.8 Å². The number of aliphatic hydroxyl groups is 1. The van der Waals surface area contributed by atoms with Gasteiger partial charge in [0.1, 0.15) is 5.82 Å². The highest BCUT2D eigenvalue weighted by Crippen LogP contribution is 2.17. The van der Waals surface area contributed by atoms with Crippen LogP contribution in [-0.2, 0) is 7.05 Å². The molecule has 0 radical (unpaired) electrons. The summed E-state index contributed by atoms with van der Waals surface area (Å²) in [5.74, 6) is -0.460. The second kappa shape index (κ2) is 7.06. The maximum Gasteiger partial charge on any atom is 0.271 e. The highest BCUT2D eigenvalue weighted by atomic mass is 35.5. The van der Waals surface area contributed by atoms with E-state index < -0.39 is 11.8 Å². The highest BCUT2D eigenvalue weighted by Gasteiger charge is 2.16. The van der Waals surface area contributed by atoms with E-state index in [1.165, 1.54) is 10.7 Å². The molecule has 8 heteroatoms. The Bertz CT molecular complexity index is 699. The Morgan fingerprint density at radius 1 is 1.32 bits per heavy atom. The van der Waals surface area contributed by atoms with Crippen molar-refractivity contribution in [1.82, 2.24) is 15.1 Å². The molecule has 0 bridgehead atoms. The molecule has 3 N–H and O–H groups in total. The molecule has 0 aliphatic carbocycles. The monoisotopic (exact) mass is 322 g/mol. The van der Waals surface area contributed by atoms with E-state index in [1.54, 1.807) is 31.3 Å². The molecule has 0 atom stereocenters. The summed E-state index contributed by atoms with van der Waals surface area (Å²) >= 11 is 5.97. The van der Waals surface area contributed by atoms with Crippen LogP contribution < -0.4 is 10.6 Å². The van der Waals surface area contributed by atoms with Gasteiger partial charge in [0, 0.05) is 19.7 Å². The maximum absolute atomic E-state index is 12.2. The van der Waals surface area contributed by atoms with Crippen LogP contribution in [0, 0.1) is 0 Å². The number of aliphatic hydroxyl groups excluding tert-OH is 1. The Morgan fingerprint density at radius 2 is 2.05 bits per heavy atom. The molecular weight excluding hydrogens is 308 g/mol. The van der Waals surface area contributed by atoms with Gasteiger partial charge >= 0.3 is 0 Å². The predicted molar refractivity (Wildman–Crippen MR) is 82.0 cm³/mol. The minimum absolute atomic E-state index is 0.136. The first-order chi connectivity index (χ1) is 10.5. The zero-order valence-electron chi connectivity index (χ0n) is 11.8. The first kappa shape index (κ1) is 16.0. The number of carbonyl (C=O) groups excluding carboxylic acids is 2. The van der Waals surface area contributed by atoms with Crippen molar-refractivity contribution in [3.05, 3.63) is 46.6 Å². The topological polar surface area (TPSA) is 96.2 Å². The van der Waals surface area contributed by atoms with Gasteiger partial charge < -0.3 is 15.7 Å². The zero-order chi connectivity index (χ0) is 16.1. The van der Waals surface area contributed by atoms with E-state index in [4.69, 9.17) is 16.7 Å². The number of benzene rings is 1. The largest absolute Gasteiger partial charge is 0.395 e. The Morgan fingerprint density at radius 3 is 2.73 bits per heavy atom. The number of anilines is 1. The lowest BCUT2D eigenvalue weighted by Gasteiger charge is -2.06. The fraction of sp³-hybridized carbons (Fsp3) is 0.214. The molecule has 0 spiro atoms. The van der Waals surface area contributed by atoms with Crippen LogP contribution in [0.2, 0.25) is 5.02 Å². The van der Waals surface area contributed by atoms with Gasteiger partial charge in [0.25, 0.3) is 11.8 Å². The van der Waals surface area contributed by atoms with E-state index in [1.807, 2.05) is 0 Å². The molecule has 0 fully saturated rings. The van der Waals surface area contributed by atoms with Crippen molar-refractivity contribution in [2.24, 2.45) is 7.05 Å². The lowest BCUT2D eigenvalue weighted by atomic mass is 10.2. The number of carbonyl (C=O) groups is 2. The van der Waals surface area contributed by atoms with Gasteiger partial charge in [-0.3, -0.25) is 14.3 Å². The van der Waals surface area contributed by atoms with Crippen LogP contribution in [0.25, 0.3) is 0 Å². The molecular formula is C14H15ClN4O3. The van der Waals surface area contributed by atoms with E-state index in [9.17, 15) is 9.59 Å². The molecule has 7 nitrogen and oxygen atoms in total. The average molecular weight is 323 g/mol. The summed E-state index contributed by atoms with van der Waals surface area (Å²) in [6.45, 7) is -0.0224. The van der Waals surface area contributed by atoms with Crippen molar-refractivity contribution in [1.29, 1.82) is 0 Å². The molecule has 22 heavy (non-hydrogen) atoms. The van der Waals surface area contributed by atoms with Gasteiger partial charge in [-0.25, -0.2) is 0 Å². The second-order valence-electron chi connectivity index (χ2n) is 4.45. The molecule has 1 aromatic carbocycles. The zero-order valence-corrected chi connectivity index (χ0v) is 12.6. The van der Waals surface area contributed by atoms with Gasteiger partial charge in [-0.1, -0.05) is 23.7 Å². The van der Waals surface area contributed by atoms with Gasteiger partial charge in [-0.05, 0) is 12.1 Å². The first-order valence-electron chi connectivity index (χ1n) is 6.52. The fourth-order valence-electron chi connectivity index (χ4n) is 1.78. The van der Waals surface area contributed by atoms with Gasteiger partial charge in [0.2, 0.25) is 0 Å².